The summed E-state index contributed by atoms with van der Waals surface area (Å²) in [5, 5.41) is 3.20. The molecule has 1 heterocycles. The molecule has 1 saturated heterocycles. The van der Waals surface area contributed by atoms with Gasteiger partial charge in [-0.2, -0.15) is 0 Å². The first kappa shape index (κ1) is 11.9. The number of ether oxygens (including phenoxy) is 3. The molecule has 0 aromatic heterocycles. The SMILES string of the molecule is CNC(COC(C)C)CC1OCCO1. The van der Waals surface area contributed by atoms with Gasteiger partial charge in [-0.1, -0.05) is 0 Å². The highest BCUT2D eigenvalue weighted by Gasteiger charge is 2.20. The molecule has 0 radical (unpaired) electrons. The molecule has 0 spiro atoms. The Bertz CT molecular complexity index is 146. The Morgan fingerprint density at radius 3 is 2.50 bits per heavy atom. The number of nitrogens with one attached hydrogen (secondary N) is 1. The van der Waals surface area contributed by atoms with Crippen LogP contribution in [0.3, 0.4) is 0 Å². The predicted octanol–water partition coefficient (Wildman–Crippen LogP) is 0.762. The molecule has 0 aliphatic carbocycles. The van der Waals surface area contributed by atoms with Gasteiger partial charge in [0.15, 0.2) is 6.29 Å². The molecular weight excluding hydrogens is 182 g/mol. The van der Waals surface area contributed by atoms with Crippen LogP contribution in [0.5, 0.6) is 0 Å². The van der Waals surface area contributed by atoms with E-state index in [2.05, 4.69) is 5.32 Å². The van der Waals surface area contributed by atoms with Gasteiger partial charge in [-0.25, -0.2) is 0 Å². The average Bonchev–Trinajstić information content (AvgIpc) is 2.64. The maximum absolute atomic E-state index is 5.53. The van der Waals surface area contributed by atoms with Crippen molar-refractivity contribution in [2.45, 2.75) is 38.7 Å². The lowest BCUT2D eigenvalue weighted by atomic mass is 10.2. The summed E-state index contributed by atoms with van der Waals surface area (Å²) in [6.07, 6.45) is 1.07. The highest BCUT2D eigenvalue weighted by Crippen LogP contribution is 2.10. The van der Waals surface area contributed by atoms with Crippen LogP contribution in [0.4, 0.5) is 0 Å². The number of rotatable bonds is 6. The lowest BCUT2D eigenvalue weighted by molar-refractivity contribution is -0.0603. The van der Waals surface area contributed by atoms with Crippen LogP contribution in [0, 0.1) is 0 Å². The van der Waals surface area contributed by atoms with Crippen molar-refractivity contribution < 1.29 is 14.2 Å². The zero-order valence-corrected chi connectivity index (χ0v) is 9.29. The van der Waals surface area contributed by atoms with Gasteiger partial charge in [0, 0.05) is 12.5 Å². The summed E-state index contributed by atoms with van der Waals surface area (Å²) >= 11 is 0. The van der Waals surface area contributed by atoms with E-state index < -0.39 is 0 Å². The average molecular weight is 203 g/mol. The van der Waals surface area contributed by atoms with Crippen LogP contribution in [-0.4, -0.2) is 45.3 Å². The van der Waals surface area contributed by atoms with Crippen LogP contribution in [0.1, 0.15) is 20.3 Å². The molecule has 1 unspecified atom stereocenters. The summed E-state index contributed by atoms with van der Waals surface area (Å²) in [5.41, 5.74) is 0. The summed E-state index contributed by atoms with van der Waals surface area (Å²) in [5.74, 6) is 0. The quantitative estimate of drug-likeness (QED) is 0.692. The van der Waals surface area contributed by atoms with Crippen molar-refractivity contribution >= 4 is 0 Å². The van der Waals surface area contributed by atoms with Crippen molar-refractivity contribution in [3.8, 4) is 0 Å². The Labute approximate surface area is 85.9 Å². The van der Waals surface area contributed by atoms with Crippen molar-refractivity contribution in [2.75, 3.05) is 26.9 Å². The summed E-state index contributed by atoms with van der Waals surface area (Å²) < 4.78 is 16.3. The van der Waals surface area contributed by atoms with Crippen molar-refractivity contribution in [1.29, 1.82) is 0 Å². The molecule has 1 rings (SSSR count). The normalized spacial score (nSPS) is 20.6. The molecule has 1 N–H and O–H groups in total. The lowest BCUT2D eigenvalue weighted by Crippen LogP contribution is -2.35. The number of hydrogen-bond acceptors (Lipinski definition) is 4. The van der Waals surface area contributed by atoms with E-state index in [4.69, 9.17) is 14.2 Å². The highest BCUT2D eigenvalue weighted by atomic mass is 16.7. The fraction of sp³-hybridized carbons (Fsp3) is 1.00. The Kier molecular flexibility index (Phi) is 5.40. The van der Waals surface area contributed by atoms with Crippen LogP contribution in [-0.2, 0) is 14.2 Å². The van der Waals surface area contributed by atoms with Gasteiger partial charge in [0.2, 0.25) is 0 Å². The second kappa shape index (κ2) is 6.35. The monoisotopic (exact) mass is 203 g/mol. The van der Waals surface area contributed by atoms with Gasteiger partial charge in [0.1, 0.15) is 0 Å². The first-order chi connectivity index (χ1) is 6.72. The Balaban J connectivity index is 2.16. The van der Waals surface area contributed by atoms with Gasteiger partial charge in [0.25, 0.3) is 0 Å². The third-order valence-corrected chi connectivity index (χ3v) is 2.21. The van der Waals surface area contributed by atoms with Crippen molar-refractivity contribution in [3.05, 3.63) is 0 Å². The minimum absolute atomic E-state index is 0.0526. The third kappa shape index (κ3) is 4.37. The van der Waals surface area contributed by atoms with E-state index >= 15 is 0 Å². The van der Waals surface area contributed by atoms with Gasteiger partial charge in [-0.15, -0.1) is 0 Å². The van der Waals surface area contributed by atoms with Gasteiger partial charge in [-0.3, -0.25) is 0 Å². The van der Waals surface area contributed by atoms with Gasteiger partial charge in [-0.05, 0) is 20.9 Å². The third-order valence-electron chi connectivity index (χ3n) is 2.21. The molecule has 4 heteroatoms. The molecule has 0 aromatic rings. The second-order valence-electron chi connectivity index (χ2n) is 3.77. The summed E-state index contributed by atoms with van der Waals surface area (Å²) in [7, 11) is 1.93. The van der Waals surface area contributed by atoms with Crippen LogP contribution in [0.15, 0.2) is 0 Å². The number of hydrogen-bond donors (Lipinski definition) is 1. The van der Waals surface area contributed by atoms with E-state index in [1.54, 1.807) is 0 Å². The molecule has 0 aromatic carbocycles. The molecule has 0 bridgehead atoms. The lowest BCUT2D eigenvalue weighted by Gasteiger charge is -2.20. The maximum atomic E-state index is 5.53. The topological polar surface area (TPSA) is 39.7 Å². The second-order valence-corrected chi connectivity index (χ2v) is 3.77. The summed E-state index contributed by atoms with van der Waals surface area (Å²) in [4.78, 5) is 0. The van der Waals surface area contributed by atoms with Gasteiger partial charge in [0.05, 0.1) is 25.9 Å². The molecule has 1 fully saturated rings. The molecule has 14 heavy (non-hydrogen) atoms. The molecule has 0 amide bonds. The highest BCUT2D eigenvalue weighted by molar-refractivity contribution is 4.68. The van der Waals surface area contributed by atoms with Crippen LogP contribution < -0.4 is 5.32 Å². The number of likely N-dealkylation sites (N-methyl/N-ethyl adjacent to an activating group) is 1. The first-order valence-electron chi connectivity index (χ1n) is 5.24. The van der Waals surface area contributed by atoms with E-state index in [1.165, 1.54) is 0 Å². The van der Waals surface area contributed by atoms with E-state index in [-0.39, 0.29) is 12.4 Å². The van der Waals surface area contributed by atoms with E-state index in [0.29, 0.717) is 25.9 Å². The molecule has 84 valence electrons. The van der Waals surface area contributed by atoms with Crippen LogP contribution in [0.25, 0.3) is 0 Å². The minimum atomic E-state index is -0.0526. The minimum Gasteiger partial charge on any atom is -0.377 e. The molecular formula is C10H21NO3. The molecule has 1 aliphatic rings. The Morgan fingerprint density at radius 2 is 2.00 bits per heavy atom. The molecule has 4 nitrogen and oxygen atoms in total. The zero-order valence-electron chi connectivity index (χ0n) is 9.29. The smallest absolute Gasteiger partial charge is 0.159 e. The summed E-state index contributed by atoms with van der Waals surface area (Å²) in [6, 6.07) is 0.306. The maximum Gasteiger partial charge on any atom is 0.159 e. The van der Waals surface area contributed by atoms with Crippen molar-refractivity contribution in [3.63, 3.8) is 0 Å². The Hall–Kier alpha value is -0.160. The fourth-order valence-electron chi connectivity index (χ4n) is 1.35. The molecule has 1 aliphatic heterocycles. The summed E-state index contributed by atoms with van der Waals surface area (Å²) in [6.45, 7) is 6.21. The fourth-order valence-corrected chi connectivity index (χ4v) is 1.35. The Morgan fingerprint density at radius 1 is 1.36 bits per heavy atom. The first-order valence-corrected chi connectivity index (χ1v) is 5.24. The van der Waals surface area contributed by atoms with E-state index in [9.17, 15) is 0 Å². The van der Waals surface area contributed by atoms with E-state index in [0.717, 1.165) is 6.42 Å². The standard InChI is InChI=1S/C10H21NO3/c1-8(2)14-7-9(11-3)6-10-12-4-5-13-10/h8-11H,4-7H2,1-3H3. The zero-order chi connectivity index (χ0) is 10.4. The predicted molar refractivity (Wildman–Crippen MR) is 54.2 cm³/mol. The van der Waals surface area contributed by atoms with Crippen molar-refractivity contribution in [2.24, 2.45) is 0 Å². The van der Waals surface area contributed by atoms with E-state index in [1.807, 2.05) is 20.9 Å². The van der Waals surface area contributed by atoms with Gasteiger partial charge < -0.3 is 19.5 Å². The van der Waals surface area contributed by atoms with Crippen LogP contribution in [0.2, 0.25) is 0 Å². The van der Waals surface area contributed by atoms with Gasteiger partial charge >= 0.3 is 0 Å². The van der Waals surface area contributed by atoms with Crippen LogP contribution >= 0.6 is 0 Å². The largest absolute Gasteiger partial charge is 0.377 e. The van der Waals surface area contributed by atoms with Crippen molar-refractivity contribution in [1.82, 2.24) is 5.32 Å². The molecule has 1 atom stereocenters. The molecule has 0 saturated carbocycles.